The predicted molar refractivity (Wildman–Crippen MR) is 273 cm³/mol. The van der Waals surface area contributed by atoms with Crippen LogP contribution in [0.4, 0.5) is 0 Å². The fourth-order valence-corrected chi connectivity index (χ4v) is 15.7. The fourth-order valence-electron chi connectivity index (χ4n) is 10.9. The highest BCUT2D eigenvalue weighted by atomic mass is 28.3. The highest BCUT2D eigenvalue weighted by Crippen LogP contribution is 2.43. The third-order valence-corrected chi connectivity index (χ3v) is 18.4. The van der Waals surface area contributed by atoms with Gasteiger partial charge in [-0.2, -0.15) is 0 Å². The van der Waals surface area contributed by atoms with Gasteiger partial charge < -0.3 is 14.0 Å². The van der Waals surface area contributed by atoms with Crippen LogP contribution in [-0.4, -0.2) is 19.4 Å². The summed E-state index contributed by atoms with van der Waals surface area (Å²) in [7, 11) is -2.79. The Morgan fingerprint density at radius 2 is 0.862 bits per heavy atom. The van der Waals surface area contributed by atoms with E-state index in [1.165, 1.54) is 42.6 Å². The van der Waals surface area contributed by atoms with E-state index in [9.17, 15) is 0 Å². The van der Waals surface area contributed by atoms with E-state index in [1.807, 2.05) is 0 Å². The summed E-state index contributed by atoms with van der Waals surface area (Å²) in [5.74, 6) is 3.38. The number of ether oxygens (including phenoxy) is 2. The van der Waals surface area contributed by atoms with Crippen LogP contribution in [0.25, 0.3) is 49.7 Å². The molecule has 65 heavy (non-hydrogen) atoms. The van der Waals surface area contributed by atoms with E-state index in [2.05, 4.69) is 247 Å². The Morgan fingerprint density at radius 3 is 1.54 bits per heavy atom. The van der Waals surface area contributed by atoms with Gasteiger partial charge in [0, 0.05) is 27.4 Å². The van der Waals surface area contributed by atoms with Gasteiger partial charge in [0.05, 0.1) is 16.7 Å². The molecular weight excluding hydrogens is 806 g/mol. The van der Waals surface area contributed by atoms with Crippen LogP contribution in [0.3, 0.4) is 0 Å². The molecule has 3 nitrogen and oxygen atoms in total. The molecule has 10 aromatic carbocycles. The Kier molecular flexibility index (Phi) is 8.65. The summed E-state index contributed by atoms with van der Waals surface area (Å²) >= 11 is 0. The van der Waals surface area contributed by atoms with Gasteiger partial charge >= 0.3 is 0 Å². The maximum absolute atomic E-state index is 7.36. The molecule has 0 N–H and O–H groups in total. The lowest BCUT2D eigenvalue weighted by atomic mass is 9.34. The van der Waals surface area contributed by atoms with Gasteiger partial charge in [0.1, 0.15) is 23.0 Å². The molecule has 1 aromatic heterocycles. The number of hydrogen-bond donors (Lipinski definition) is 0. The van der Waals surface area contributed by atoms with Gasteiger partial charge in [-0.1, -0.05) is 206 Å². The van der Waals surface area contributed by atoms with E-state index in [4.69, 9.17) is 9.47 Å². The lowest BCUT2D eigenvalue weighted by Gasteiger charge is -2.35. The number of aromatic nitrogens is 1. The SMILES string of the molecule is c1ccc([Si](c2ccccc2)(c2ccccc2)c2cccc(-c3cccc4c3Oc3cc(-c5ccccc5-n5c6ccccc6c6ccccc65)cc5c3B4c3ccccc3O5)c2)cc1. The largest absolute Gasteiger partial charge is 0.458 e. The van der Waals surface area contributed by atoms with Crippen molar-refractivity contribution in [3.05, 3.63) is 243 Å². The van der Waals surface area contributed by atoms with E-state index in [0.29, 0.717) is 0 Å². The van der Waals surface area contributed by atoms with Crippen LogP contribution >= 0.6 is 0 Å². The highest BCUT2D eigenvalue weighted by molar-refractivity contribution is 7.20. The van der Waals surface area contributed by atoms with Gasteiger partial charge in [0.15, 0.2) is 8.07 Å². The van der Waals surface area contributed by atoms with Gasteiger partial charge in [-0.05, 0) is 79.2 Å². The quantitative estimate of drug-likeness (QED) is 0.118. The van der Waals surface area contributed by atoms with Crippen LogP contribution in [-0.2, 0) is 0 Å². The first-order valence-corrected chi connectivity index (χ1v) is 24.4. The fraction of sp³-hybridized carbons (Fsp3) is 0. The summed E-state index contributed by atoms with van der Waals surface area (Å²) in [4.78, 5) is 0. The molecule has 304 valence electrons. The van der Waals surface area contributed by atoms with Crippen LogP contribution in [0.15, 0.2) is 243 Å². The van der Waals surface area contributed by atoms with E-state index in [0.717, 1.165) is 67.3 Å². The molecule has 0 saturated carbocycles. The monoisotopic (exact) mass is 845 g/mol. The van der Waals surface area contributed by atoms with Crippen molar-refractivity contribution in [3.63, 3.8) is 0 Å². The van der Waals surface area contributed by atoms with Gasteiger partial charge in [0.25, 0.3) is 6.71 Å². The van der Waals surface area contributed by atoms with E-state index < -0.39 is 8.07 Å². The molecular formula is C60H40BNO2Si. The number of rotatable bonds is 7. The first-order chi connectivity index (χ1) is 32.3. The molecule has 0 atom stereocenters. The maximum Gasteiger partial charge on any atom is 0.260 e. The summed E-state index contributed by atoms with van der Waals surface area (Å²) in [5, 5.41) is 7.80. The standard InChI is InChI=1S/C60H40BNO2Si/c1-4-21-43(22-5-1)65(44-23-6-2-7-24-44,45-25-8-3-9-26-45)46-27-18-20-41(38-46)48-31-19-33-52-60(48)64-58-40-42(39-57-59(58)61(52)51-32-13-17-37-56(51)63-57)47-28-10-14-34-53(47)62-54-35-15-11-29-49(54)50-30-12-16-36-55(50)62/h1-40H. The minimum absolute atomic E-state index is 0.0788. The van der Waals surface area contributed by atoms with Crippen LogP contribution in [0.2, 0.25) is 0 Å². The third-order valence-electron chi connectivity index (χ3n) is 13.7. The second-order valence-corrected chi connectivity index (χ2v) is 20.9. The molecule has 2 aliphatic heterocycles. The predicted octanol–water partition coefficient (Wildman–Crippen LogP) is 10.2. The minimum atomic E-state index is -2.79. The summed E-state index contributed by atoms with van der Waals surface area (Å²) in [6.45, 7) is -0.0788. The van der Waals surface area contributed by atoms with Crippen molar-refractivity contribution in [3.8, 4) is 50.9 Å². The van der Waals surface area contributed by atoms with E-state index in [-0.39, 0.29) is 6.71 Å². The average Bonchev–Trinajstić information content (AvgIpc) is 3.71. The zero-order valence-corrected chi connectivity index (χ0v) is 36.4. The second kappa shape index (κ2) is 15.0. The van der Waals surface area contributed by atoms with Gasteiger partial charge in [0.2, 0.25) is 0 Å². The summed E-state index contributed by atoms with van der Waals surface area (Å²) < 4.78 is 16.6. The number of hydrogen-bond acceptors (Lipinski definition) is 2. The Labute approximate surface area is 379 Å². The molecule has 11 aromatic rings. The van der Waals surface area contributed by atoms with Crippen LogP contribution < -0.4 is 46.6 Å². The van der Waals surface area contributed by atoms with Crippen LogP contribution in [0.5, 0.6) is 23.0 Å². The number of para-hydroxylation sites is 5. The van der Waals surface area contributed by atoms with Crippen molar-refractivity contribution >= 4 is 73.7 Å². The van der Waals surface area contributed by atoms with Crippen molar-refractivity contribution in [2.45, 2.75) is 0 Å². The lowest BCUT2D eigenvalue weighted by molar-refractivity contribution is 0.466. The van der Waals surface area contributed by atoms with Crippen LogP contribution in [0.1, 0.15) is 0 Å². The van der Waals surface area contributed by atoms with Gasteiger partial charge in [-0.25, -0.2) is 0 Å². The first kappa shape index (κ1) is 37.4. The average molecular weight is 846 g/mol. The summed E-state index contributed by atoms with van der Waals surface area (Å²) in [6.07, 6.45) is 0. The lowest BCUT2D eigenvalue weighted by Crippen LogP contribution is -2.74. The molecule has 0 spiro atoms. The molecule has 0 unspecified atom stereocenters. The molecule has 0 fully saturated rings. The molecule has 2 aliphatic rings. The van der Waals surface area contributed by atoms with Crippen molar-refractivity contribution in [1.29, 1.82) is 0 Å². The summed E-state index contributed by atoms with van der Waals surface area (Å²) in [6, 6.07) is 88.3. The smallest absolute Gasteiger partial charge is 0.260 e. The normalized spacial score (nSPS) is 12.5. The number of benzene rings is 10. The molecule has 0 bridgehead atoms. The molecule has 0 amide bonds. The molecule has 3 heterocycles. The maximum atomic E-state index is 7.36. The Bertz CT molecular complexity index is 3470. The molecule has 5 heteroatoms. The zero-order valence-electron chi connectivity index (χ0n) is 35.4. The zero-order chi connectivity index (χ0) is 42.9. The molecule has 0 radical (unpaired) electrons. The van der Waals surface area contributed by atoms with Crippen molar-refractivity contribution < 1.29 is 9.47 Å². The van der Waals surface area contributed by atoms with E-state index in [1.54, 1.807) is 0 Å². The molecule has 13 rings (SSSR count). The summed E-state index contributed by atoms with van der Waals surface area (Å²) in [5.41, 5.74) is 11.1. The Hall–Kier alpha value is -8.12. The Morgan fingerprint density at radius 1 is 0.354 bits per heavy atom. The van der Waals surface area contributed by atoms with Crippen molar-refractivity contribution in [1.82, 2.24) is 4.57 Å². The van der Waals surface area contributed by atoms with Crippen molar-refractivity contribution in [2.24, 2.45) is 0 Å². The van der Waals surface area contributed by atoms with E-state index >= 15 is 0 Å². The minimum Gasteiger partial charge on any atom is -0.458 e. The van der Waals surface area contributed by atoms with Crippen molar-refractivity contribution in [2.75, 3.05) is 0 Å². The van der Waals surface area contributed by atoms with Gasteiger partial charge in [-0.3, -0.25) is 0 Å². The van der Waals surface area contributed by atoms with Crippen LogP contribution in [0, 0.1) is 0 Å². The molecule has 0 saturated heterocycles. The van der Waals surface area contributed by atoms with Gasteiger partial charge in [-0.15, -0.1) is 0 Å². The third kappa shape index (κ3) is 5.76. The Balaban J connectivity index is 1.01. The topological polar surface area (TPSA) is 23.4 Å². The number of nitrogens with zero attached hydrogens (tertiary/aromatic N) is 1. The highest BCUT2D eigenvalue weighted by Gasteiger charge is 2.43. The second-order valence-electron chi connectivity index (χ2n) is 17.1. The molecule has 0 aliphatic carbocycles. The first-order valence-electron chi connectivity index (χ1n) is 22.4. The number of fused-ring (bicyclic) bond motifs is 7.